The molecule has 1 N–H and O–H groups in total. The molecule has 2 aromatic rings. The molecule has 32 heavy (non-hydrogen) atoms. The molecular formula is C23H30N4O4S. The third-order valence-electron chi connectivity index (χ3n) is 5.66. The summed E-state index contributed by atoms with van der Waals surface area (Å²) in [6, 6.07) is 6.51. The summed E-state index contributed by atoms with van der Waals surface area (Å²) in [5.41, 5.74) is 2.94. The zero-order valence-electron chi connectivity index (χ0n) is 18.8. The highest BCUT2D eigenvalue weighted by Gasteiger charge is 2.22. The summed E-state index contributed by atoms with van der Waals surface area (Å²) in [6.45, 7) is 7.61. The number of esters is 1. The van der Waals surface area contributed by atoms with Crippen LogP contribution in [0.15, 0.2) is 34.1 Å². The minimum absolute atomic E-state index is 0.154. The Balaban J connectivity index is 1.64. The Bertz CT molecular complexity index is 1020. The number of carbonyl (C=O) groups excluding carboxylic acids is 2. The van der Waals surface area contributed by atoms with Crippen molar-refractivity contribution in [2.24, 2.45) is 0 Å². The summed E-state index contributed by atoms with van der Waals surface area (Å²) in [7, 11) is 1.32. The number of anilines is 1. The van der Waals surface area contributed by atoms with Gasteiger partial charge in [-0.05, 0) is 56.6 Å². The molecule has 0 aliphatic heterocycles. The van der Waals surface area contributed by atoms with Crippen LogP contribution < -0.4 is 11.0 Å². The maximum Gasteiger partial charge on any atom is 0.348 e. The summed E-state index contributed by atoms with van der Waals surface area (Å²) in [6.07, 6.45) is 2.75. The van der Waals surface area contributed by atoms with Crippen LogP contribution in [0.2, 0.25) is 0 Å². The summed E-state index contributed by atoms with van der Waals surface area (Å²) >= 11 is 1.30. The number of rotatable bonds is 10. The third-order valence-corrected chi connectivity index (χ3v) is 6.68. The Hall–Kier alpha value is -2.65. The Morgan fingerprint density at radius 3 is 2.56 bits per heavy atom. The van der Waals surface area contributed by atoms with E-state index in [1.165, 1.54) is 18.9 Å². The van der Waals surface area contributed by atoms with Crippen LogP contribution in [-0.4, -0.2) is 58.8 Å². The van der Waals surface area contributed by atoms with Gasteiger partial charge in [0, 0.05) is 30.0 Å². The van der Waals surface area contributed by atoms with Gasteiger partial charge in [0.25, 0.3) is 0 Å². The number of hydrogen-bond donors (Lipinski definition) is 1. The lowest BCUT2D eigenvalue weighted by atomic mass is 10.2. The van der Waals surface area contributed by atoms with Crippen molar-refractivity contribution in [2.75, 3.05) is 37.8 Å². The van der Waals surface area contributed by atoms with Gasteiger partial charge in [0.15, 0.2) is 0 Å². The first kappa shape index (κ1) is 24.0. The summed E-state index contributed by atoms with van der Waals surface area (Å²) in [5, 5.41) is 3.47. The number of carbonyl (C=O) groups is 2. The first-order valence-corrected chi connectivity index (χ1v) is 11.9. The highest BCUT2D eigenvalue weighted by molar-refractivity contribution is 8.00. The van der Waals surface area contributed by atoms with Crippen molar-refractivity contribution in [2.45, 2.75) is 44.7 Å². The van der Waals surface area contributed by atoms with Crippen LogP contribution in [-0.2, 0) is 28.9 Å². The maximum absolute atomic E-state index is 12.7. The van der Waals surface area contributed by atoms with Crippen molar-refractivity contribution in [1.82, 2.24) is 14.5 Å². The van der Waals surface area contributed by atoms with Gasteiger partial charge in [-0.3, -0.25) is 9.36 Å². The van der Waals surface area contributed by atoms with Gasteiger partial charge in [0.05, 0.1) is 18.4 Å². The Morgan fingerprint density at radius 1 is 1.19 bits per heavy atom. The van der Waals surface area contributed by atoms with Gasteiger partial charge in [-0.25, -0.2) is 9.59 Å². The normalized spacial score (nSPS) is 12.6. The third kappa shape index (κ3) is 5.77. The Labute approximate surface area is 192 Å². The number of methoxy groups -OCH3 is 1. The van der Waals surface area contributed by atoms with Crippen LogP contribution in [0.3, 0.4) is 0 Å². The molecule has 1 aliphatic carbocycles. The molecule has 1 aliphatic rings. The summed E-state index contributed by atoms with van der Waals surface area (Å²) in [4.78, 5) is 43.2. The molecule has 0 radical (unpaired) electrons. The Kier molecular flexibility index (Phi) is 8.46. The molecule has 0 atom stereocenters. The van der Waals surface area contributed by atoms with E-state index in [9.17, 15) is 14.4 Å². The average Bonchev–Trinajstić information content (AvgIpc) is 3.29. The van der Waals surface area contributed by atoms with Gasteiger partial charge in [-0.1, -0.05) is 25.6 Å². The number of fused-ring (bicyclic) bond motifs is 1. The number of amides is 1. The van der Waals surface area contributed by atoms with Gasteiger partial charge in [-0.15, -0.1) is 0 Å². The molecular weight excluding hydrogens is 428 g/mol. The van der Waals surface area contributed by atoms with E-state index in [0.717, 1.165) is 50.2 Å². The second kappa shape index (κ2) is 11.3. The molecule has 0 saturated carbocycles. The van der Waals surface area contributed by atoms with Crippen LogP contribution >= 0.6 is 11.8 Å². The van der Waals surface area contributed by atoms with Crippen molar-refractivity contribution < 1.29 is 14.3 Å². The minimum Gasteiger partial charge on any atom is -0.465 e. The molecule has 9 heteroatoms. The smallest absolute Gasteiger partial charge is 0.348 e. The minimum atomic E-state index is -0.426. The topological polar surface area (TPSA) is 93.5 Å². The fourth-order valence-corrected chi connectivity index (χ4v) is 4.73. The fourth-order valence-electron chi connectivity index (χ4n) is 3.86. The van der Waals surface area contributed by atoms with Crippen molar-refractivity contribution >= 4 is 29.3 Å². The zero-order valence-corrected chi connectivity index (χ0v) is 19.7. The molecule has 1 aromatic carbocycles. The molecule has 0 fully saturated rings. The first-order chi connectivity index (χ1) is 15.5. The van der Waals surface area contributed by atoms with E-state index in [1.54, 1.807) is 24.3 Å². The fraction of sp³-hybridized carbons (Fsp3) is 0.478. The summed E-state index contributed by atoms with van der Waals surface area (Å²) in [5.74, 6) is -0.466. The van der Waals surface area contributed by atoms with Gasteiger partial charge in [-0.2, -0.15) is 4.98 Å². The molecule has 0 unspecified atom stereocenters. The lowest BCUT2D eigenvalue weighted by Gasteiger charge is -2.20. The van der Waals surface area contributed by atoms with Crippen molar-refractivity contribution in [3.8, 4) is 0 Å². The number of ether oxygens (including phenoxy) is 1. The van der Waals surface area contributed by atoms with Crippen LogP contribution in [0.1, 0.15) is 41.9 Å². The van der Waals surface area contributed by atoms with E-state index in [-0.39, 0.29) is 17.3 Å². The number of benzene rings is 1. The number of aromatic nitrogens is 2. The van der Waals surface area contributed by atoms with Gasteiger partial charge in [0.2, 0.25) is 5.91 Å². The van der Waals surface area contributed by atoms with E-state index in [0.29, 0.717) is 22.8 Å². The van der Waals surface area contributed by atoms with Gasteiger partial charge < -0.3 is 15.0 Å². The lowest BCUT2D eigenvalue weighted by Crippen LogP contribution is -2.34. The molecule has 3 rings (SSSR count). The average molecular weight is 459 g/mol. The predicted molar refractivity (Wildman–Crippen MR) is 125 cm³/mol. The number of hydrogen-bond acceptors (Lipinski definition) is 7. The van der Waals surface area contributed by atoms with E-state index < -0.39 is 5.97 Å². The molecule has 0 spiro atoms. The standard InChI is InChI=1S/C23H30N4O4S/c1-4-26(5-2)13-14-27-19-8-6-7-18(19)21(25-23(27)30)32-15-20(28)24-17-11-9-16(10-12-17)22(29)31-3/h9-12H,4-8,13-15H2,1-3H3,(H,24,28). The number of nitrogens with zero attached hydrogens (tertiary/aromatic N) is 3. The molecule has 1 heterocycles. The van der Waals surface area contributed by atoms with Crippen LogP contribution in [0, 0.1) is 0 Å². The molecule has 8 nitrogen and oxygen atoms in total. The van der Waals surface area contributed by atoms with Gasteiger partial charge in [0.1, 0.15) is 5.03 Å². The van der Waals surface area contributed by atoms with Crippen LogP contribution in [0.5, 0.6) is 0 Å². The SMILES string of the molecule is CCN(CC)CCn1c2c(c(SCC(=O)Nc3ccc(C(=O)OC)cc3)nc1=O)CCC2. The molecule has 172 valence electrons. The van der Waals surface area contributed by atoms with Gasteiger partial charge >= 0.3 is 11.7 Å². The van der Waals surface area contributed by atoms with Crippen LogP contribution in [0.4, 0.5) is 5.69 Å². The quantitative estimate of drug-likeness (QED) is 0.332. The highest BCUT2D eigenvalue weighted by Crippen LogP contribution is 2.29. The van der Waals surface area contributed by atoms with Crippen LogP contribution in [0.25, 0.3) is 0 Å². The second-order valence-corrected chi connectivity index (χ2v) is 8.53. The number of nitrogens with one attached hydrogen (secondary N) is 1. The lowest BCUT2D eigenvalue weighted by molar-refractivity contribution is -0.113. The maximum atomic E-state index is 12.7. The van der Waals surface area contributed by atoms with Crippen molar-refractivity contribution in [3.05, 3.63) is 51.6 Å². The number of likely N-dealkylation sites (N-methyl/N-ethyl adjacent to an activating group) is 1. The second-order valence-electron chi connectivity index (χ2n) is 7.56. The van der Waals surface area contributed by atoms with E-state index in [2.05, 4.69) is 33.8 Å². The summed E-state index contributed by atoms with van der Waals surface area (Å²) < 4.78 is 6.48. The van der Waals surface area contributed by atoms with E-state index in [1.807, 2.05) is 4.57 Å². The predicted octanol–water partition coefficient (Wildman–Crippen LogP) is 2.59. The Morgan fingerprint density at radius 2 is 1.91 bits per heavy atom. The van der Waals surface area contributed by atoms with E-state index >= 15 is 0 Å². The molecule has 0 bridgehead atoms. The highest BCUT2D eigenvalue weighted by atomic mass is 32.2. The van der Waals surface area contributed by atoms with Crippen molar-refractivity contribution in [3.63, 3.8) is 0 Å². The largest absolute Gasteiger partial charge is 0.465 e. The molecule has 1 amide bonds. The van der Waals surface area contributed by atoms with E-state index in [4.69, 9.17) is 0 Å². The molecule has 1 aromatic heterocycles. The monoisotopic (exact) mass is 458 g/mol. The first-order valence-electron chi connectivity index (χ1n) is 10.9. The zero-order chi connectivity index (χ0) is 23.1. The molecule has 0 saturated heterocycles. The van der Waals surface area contributed by atoms with Crippen molar-refractivity contribution in [1.29, 1.82) is 0 Å². The number of thioether (sulfide) groups is 1.